The molecule has 2 aromatic carbocycles. The van der Waals surface area contributed by atoms with Gasteiger partial charge in [0.2, 0.25) is 0 Å². The lowest BCUT2D eigenvalue weighted by Crippen LogP contribution is -2.42. The van der Waals surface area contributed by atoms with Crippen LogP contribution in [0.4, 0.5) is 10.5 Å². The second-order valence-corrected chi connectivity index (χ2v) is 7.75. The van der Waals surface area contributed by atoms with Gasteiger partial charge in [0.1, 0.15) is 6.04 Å². The number of benzene rings is 2. The van der Waals surface area contributed by atoms with Gasteiger partial charge in [0, 0.05) is 29.3 Å². The normalized spacial score (nSPS) is 17.6. The lowest BCUT2D eigenvalue weighted by Gasteiger charge is -2.15. The van der Waals surface area contributed by atoms with Crippen LogP contribution in [0.1, 0.15) is 39.6 Å². The van der Waals surface area contributed by atoms with Crippen molar-refractivity contribution in [2.75, 3.05) is 12.4 Å². The maximum atomic E-state index is 12.5. The molecule has 0 aliphatic heterocycles. The number of methoxy groups -OCH3 is 1. The highest BCUT2D eigenvalue weighted by Crippen LogP contribution is 2.29. The second kappa shape index (κ2) is 9.95. The van der Waals surface area contributed by atoms with Crippen LogP contribution in [0, 0.1) is 5.92 Å². The monoisotopic (exact) mass is 439 g/mol. The van der Waals surface area contributed by atoms with Gasteiger partial charge in [0.15, 0.2) is 0 Å². The smallest absolute Gasteiger partial charge is 0.411 e. The van der Waals surface area contributed by atoms with Crippen molar-refractivity contribution in [3.63, 3.8) is 0 Å². The molecule has 1 aliphatic rings. The van der Waals surface area contributed by atoms with E-state index in [4.69, 9.17) is 0 Å². The SMILES string of the molecule is COC(=O)Nc1ccc(C(=O)N[C@@H](Cc2ccc(C(=O)N[C@H]3C[C@@H]3C)cc2)C(=O)O)cc1. The van der Waals surface area contributed by atoms with E-state index in [1.807, 2.05) is 0 Å². The molecule has 0 bridgehead atoms. The average molecular weight is 439 g/mol. The zero-order chi connectivity index (χ0) is 23.3. The van der Waals surface area contributed by atoms with Gasteiger partial charge in [0.05, 0.1) is 7.11 Å². The van der Waals surface area contributed by atoms with Crippen molar-refractivity contribution in [2.45, 2.75) is 31.8 Å². The summed E-state index contributed by atoms with van der Waals surface area (Å²) in [5.41, 5.74) is 1.85. The van der Waals surface area contributed by atoms with Crippen molar-refractivity contribution in [2.24, 2.45) is 5.92 Å². The van der Waals surface area contributed by atoms with Crippen molar-refractivity contribution in [1.82, 2.24) is 10.6 Å². The van der Waals surface area contributed by atoms with Crippen molar-refractivity contribution in [3.05, 3.63) is 65.2 Å². The summed E-state index contributed by atoms with van der Waals surface area (Å²) in [6.07, 6.45) is 0.401. The molecule has 0 saturated heterocycles. The van der Waals surface area contributed by atoms with Gasteiger partial charge in [-0.2, -0.15) is 0 Å². The lowest BCUT2D eigenvalue weighted by molar-refractivity contribution is -0.139. The number of anilines is 1. The number of rotatable bonds is 8. The minimum absolute atomic E-state index is 0.0601. The first-order valence-corrected chi connectivity index (χ1v) is 10.2. The minimum Gasteiger partial charge on any atom is -0.480 e. The van der Waals surface area contributed by atoms with E-state index in [2.05, 4.69) is 27.6 Å². The van der Waals surface area contributed by atoms with Gasteiger partial charge in [-0.15, -0.1) is 0 Å². The summed E-state index contributed by atoms with van der Waals surface area (Å²) < 4.78 is 4.49. The molecule has 3 amide bonds. The largest absolute Gasteiger partial charge is 0.480 e. The Kier molecular flexibility index (Phi) is 7.09. The van der Waals surface area contributed by atoms with E-state index in [1.165, 1.54) is 31.4 Å². The standard InChI is InChI=1S/C23H25N3O6/c1-13-11-18(13)25-20(27)15-5-3-14(4-6-15)12-19(22(29)30)26-21(28)16-7-9-17(10-8-16)24-23(31)32-2/h3-10,13,18-19H,11-12H2,1-2H3,(H,24,31)(H,25,27)(H,26,28)(H,29,30)/t13-,18-,19-/m0/s1. The minimum atomic E-state index is -1.17. The molecule has 0 radical (unpaired) electrons. The van der Waals surface area contributed by atoms with Crippen LogP contribution < -0.4 is 16.0 Å². The molecule has 2 aromatic rings. The van der Waals surface area contributed by atoms with E-state index in [0.717, 1.165) is 6.42 Å². The fourth-order valence-electron chi connectivity index (χ4n) is 3.12. The molecule has 9 nitrogen and oxygen atoms in total. The number of hydrogen-bond acceptors (Lipinski definition) is 5. The maximum absolute atomic E-state index is 12.5. The van der Waals surface area contributed by atoms with E-state index >= 15 is 0 Å². The predicted octanol–water partition coefficient (Wildman–Crippen LogP) is 2.43. The molecule has 3 atom stereocenters. The number of aliphatic carboxylic acids is 1. The molecule has 0 spiro atoms. The molecular formula is C23H25N3O6. The molecule has 1 saturated carbocycles. The Morgan fingerprint density at radius 1 is 1.00 bits per heavy atom. The number of carboxylic acids is 1. The third-order valence-corrected chi connectivity index (χ3v) is 5.26. The number of hydrogen-bond donors (Lipinski definition) is 4. The van der Waals surface area contributed by atoms with Crippen LogP contribution >= 0.6 is 0 Å². The molecule has 9 heteroatoms. The summed E-state index contributed by atoms with van der Waals surface area (Å²) >= 11 is 0. The molecule has 0 heterocycles. The summed E-state index contributed by atoms with van der Waals surface area (Å²) in [5.74, 6) is -1.39. The second-order valence-electron chi connectivity index (χ2n) is 7.75. The van der Waals surface area contributed by atoms with E-state index in [0.29, 0.717) is 22.7 Å². The highest BCUT2D eigenvalue weighted by atomic mass is 16.5. The van der Waals surface area contributed by atoms with Crippen molar-refractivity contribution < 1.29 is 29.0 Å². The van der Waals surface area contributed by atoms with Gasteiger partial charge in [-0.05, 0) is 54.3 Å². The van der Waals surface area contributed by atoms with Gasteiger partial charge in [-0.3, -0.25) is 14.9 Å². The van der Waals surface area contributed by atoms with E-state index < -0.39 is 24.0 Å². The highest BCUT2D eigenvalue weighted by molar-refractivity contribution is 5.97. The quantitative estimate of drug-likeness (QED) is 0.499. The van der Waals surface area contributed by atoms with Gasteiger partial charge in [-0.1, -0.05) is 19.1 Å². The summed E-state index contributed by atoms with van der Waals surface area (Å²) in [4.78, 5) is 47.6. The first kappa shape index (κ1) is 22.8. The summed E-state index contributed by atoms with van der Waals surface area (Å²) in [6, 6.07) is 11.7. The van der Waals surface area contributed by atoms with Crippen LogP contribution in [-0.4, -0.2) is 48.2 Å². The average Bonchev–Trinajstić information content (AvgIpc) is 3.47. The molecule has 1 fully saturated rings. The molecule has 1 aliphatic carbocycles. The first-order valence-electron chi connectivity index (χ1n) is 10.2. The van der Waals surface area contributed by atoms with Crippen molar-refractivity contribution in [1.29, 1.82) is 0 Å². The molecule has 0 unspecified atom stereocenters. The Labute approximate surface area is 185 Å². The molecular weight excluding hydrogens is 414 g/mol. The first-order chi connectivity index (χ1) is 15.3. The number of carbonyl (C=O) groups excluding carboxylic acids is 3. The third-order valence-electron chi connectivity index (χ3n) is 5.26. The van der Waals surface area contributed by atoms with Crippen LogP contribution in [-0.2, 0) is 16.0 Å². The number of nitrogens with one attached hydrogen (secondary N) is 3. The number of ether oxygens (including phenoxy) is 1. The Hall–Kier alpha value is -3.88. The van der Waals surface area contributed by atoms with E-state index in [1.54, 1.807) is 24.3 Å². The van der Waals surface area contributed by atoms with Crippen LogP contribution in [0.2, 0.25) is 0 Å². The Balaban J connectivity index is 1.59. The summed E-state index contributed by atoms with van der Waals surface area (Å²) in [6.45, 7) is 2.07. The fraction of sp³-hybridized carbons (Fsp3) is 0.304. The molecule has 4 N–H and O–H groups in total. The molecule has 3 rings (SSSR count). The number of carboxylic acid groups (broad SMARTS) is 1. The zero-order valence-electron chi connectivity index (χ0n) is 17.8. The van der Waals surface area contributed by atoms with Gasteiger partial charge in [0.25, 0.3) is 11.8 Å². The van der Waals surface area contributed by atoms with Gasteiger partial charge < -0.3 is 20.5 Å². The van der Waals surface area contributed by atoms with Crippen LogP contribution in [0.15, 0.2) is 48.5 Å². The predicted molar refractivity (Wildman–Crippen MR) is 117 cm³/mol. The maximum Gasteiger partial charge on any atom is 0.411 e. The van der Waals surface area contributed by atoms with Gasteiger partial charge >= 0.3 is 12.1 Å². The Morgan fingerprint density at radius 3 is 2.09 bits per heavy atom. The highest BCUT2D eigenvalue weighted by Gasteiger charge is 2.34. The van der Waals surface area contributed by atoms with Crippen molar-refractivity contribution >= 4 is 29.6 Å². The topological polar surface area (TPSA) is 134 Å². The third kappa shape index (κ3) is 6.07. The summed E-state index contributed by atoms with van der Waals surface area (Å²) in [5, 5.41) is 17.4. The van der Waals surface area contributed by atoms with Crippen LogP contribution in [0.5, 0.6) is 0 Å². The van der Waals surface area contributed by atoms with Crippen LogP contribution in [0.3, 0.4) is 0 Å². The van der Waals surface area contributed by atoms with Crippen LogP contribution in [0.25, 0.3) is 0 Å². The Morgan fingerprint density at radius 2 is 1.56 bits per heavy atom. The summed E-state index contributed by atoms with van der Waals surface area (Å²) in [7, 11) is 1.24. The van der Waals surface area contributed by atoms with E-state index in [-0.39, 0.29) is 23.9 Å². The fourth-order valence-corrected chi connectivity index (χ4v) is 3.12. The molecule has 168 valence electrons. The number of amides is 3. The lowest BCUT2D eigenvalue weighted by atomic mass is 10.0. The molecule has 32 heavy (non-hydrogen) atoms. The van der Waals surface area contributed by atoms with Crippen molar-refractivity contribution in [3.8, 4) is 0 Å². The Bertz CT molecular complexity index is 1000. The van der Waals surface area contributed by atoms with E-state index in [9.17, 15) is 24.3 Å². The van der Waals surface area contributed by atoms with Gasteiger partial charge in [-0.25, -0.2) is 9.59 Å². The number of carbonyl (C=O) groups is 4. The molecule has 0 aromatic heterocycles. The zero-order valence-corrected chi connectivity index (χ0v) is 17.8.